The molecule has 2 fully saturated rings. The van der Waals surface area contributed by atoms with E-state index in [0.29, 0.717) is 23.5 Å². The van der Waals surface area contributed by atoms with E-state index in [-0.39, 0.29) is 6.09 Å². The highest BCUT2D eigenvalue weighted by molar-refractivity contribution is 5.68. The van der Waals surface area contributed by atoms with Crippen LogP contribution in [0.3, 0.4) is 0 Å². The van der Waals surface area contributed by atoms with Crippen LogP contribution in [0.5, 0.6) is 0 Å². The second kappa shape index (κ2) is 6.75. The van der Waals surface area contributed by atoms with E-state index in [9.17, 15) is 4.79 Å². The molecular weight excluding hydrogens is 278 g/mol. The smallest absolute Gasteiger partial charge is 0.407 e. The third-order valence-electron chi connectivity index (χ3n) is 4.98. The maximum atomic E-state index is 11.9. The van der Waals surface area contributed by atoms with Gasteiger partial charge in [-0.3, -0.25) is 0 Å². The zero-order chi connectivity index (χ0) is 16.4. The van der Waals surface area contributed by atoms with Gasteiger partial charge in [-0.25, -0.2) is 4.79 Å². The van der Waals surface area contributed by atoms with Gasteiger partial charge in [-0.05, 0) is 78.2 Å². The fraction of sp³-hybridized carbons (Fsp3) is 0.941. The van der Waals surface area contributed by atoms with E-state index in [4.69, 9.17) is 10.5 Å². The number of nitrogens with two attached hydrogens (primary N) is 1. The number of amides is 1. The Bertz CT molecular complexity index is 384. The number of ether oxygens (including phenoxy) is 1. The van der Waals surface area contributed by atoms with Gasteiger partial charge in [-0.1, -0.05) is 0 Å². The van der Waals surface area contributed by atoms with Crippen LogP contribution >= 0.6 is 0 Å². The molecule has 5 heteroatoms. The van der Waals surface area contributed by atoms with Gasteiger partial charge in [0.25, 0.3) is 0 Å². The molecule has 4 N–H and O–H groups in total. The van der Waals surface area contributed by atoms with E-state index >= 15 is 0 Å². The van der Waals surface area contributed by atoms with Gasteiger partial charge < -0.3 is 21.1 Å². The molecule has 0 radical (unpaired) electrons. The van der Waals surface area contributed by atoms with Crippen LogP contribution in [0.4, 0.5) is 4.79 Å². The predicted octanol–water partition coefficient (Wildman–Crippen LogP) is 2.54. The number of nitrogens with one attached hydrogen (secondary N) is 2. The van der Waals surface area contributed by atoms with Crippen LogP contribution in [0.25, 0.3) is 0 Å². The molecule has 5 nitrogen and oxygen atoms in total. The van der Waals surface area contributed by atoms with Gasteiger partial charge in [0.15, 0.2) is 0 Å². The van der Waals surface area contributed by atoms with Crippen molar-refractivity contribution in [3.05, 3.63) is 0 Å². The molecule has 2 saturated carbocycles. The summed E-state index contributed by atoms with van der Waals surface area (Å²) in [5.74, 6) is 0. The predicted molar refractivity (Wildman–Crippen MR) is 88.7 cm³/mol. The van der Waals surface area contributed by atoms with Crippen LogP contribution < -0.4 is 16.4 Å². The van der Waals surface area contributed by atoms with Crippen molar-refractivity contribution in [3.63, 3.8) is 0 Å². The molecular formula is C17H33N3O2. The van der Waals surface area contributed by atoms with Crippen LogP contribution in [0.15, 0.2) is 0 Å². The van der Waals surface area contributed by atoms with E-state index < -0.39 is 5.60 Å². The highest BCUT2D eigenvalue weighted by atomic mass is 16.6. The summed E-state index contributed by atoms with van der Waals surface area (Å²) in [6.45, 7) is 8.64. The maximum absolute atomic E-state index is 11.9. The van der Waals surface area contributed by atoms with Crippen molar-refractivity contribution >= 4 is 6.09 Å². The van der Waals surface area contributed by atoms with Crippen molar-refractivity contribution < 1.29 is 9.53 Å². The molecule has 1 spiro atoms. The summed E-state index contributed by atoms with van der Waals surface area (Å²) in [5.41, 5.74) is 5.52. The van der Waals surface area contributed by atoms with Crippen LogP contribution in [0.2, 0.25) is 0 Å². The quantitative estimate of drug-likeness (QED) is 0.729. The monoisotopic (exact) mass is 311 g/mol. The summed E-state index contributed by atoms with van der Waals surface area (Å²) >= 11 is 0. The first-order valence-corrected chi connectivity index (χ1v) is 8.70. The van der Waals surface area contributed by atoms with E-state index in [0.717, 1.165) is 19.4 Å². The van der Waals surface area contributed by atoms with E-state index in [1.54, 1.807) is 0 Å². The molecule has 0 bridgehead atoms. The minimum atomic E-state index is -0.424. The van der Waals surface area contributed by atoms with Gasteiger partial charge in [0.1, 0.15) is 5.60 Å². The number of alkyl carbamates (subject to hydrolysis) is 1. The highest BCUT2D eigenvalue weighted by Gasteiger charge is 2.56. The van der Waals surface area contributed by atoms with Crippen molar-refractivity contribution in [2.24, 2.45) is 11.1 Å². The first kappa shape index (κ1) is 17.5. The number of carbonyl (C=O) groups excluding carboxylic acids is 1. The van der Waals surface area contributed by atoms with Crippen molar-refractivity contribution in [3.8, 4) is 0 Å². The van der Waals surface area contributed by atoms with Gasteiger partial charge in [0, 0.05) is 18.1 Å². The summed E-state index contributed by atoms with van der Waals surface area (Å²) in [5, 5.41) is 6.73. The summed E-state index contributed by atoms with van der Waals surface area (Å²) < 4.78 is 5.35. The summed E-state index contributed by atoms with van der Waals surface area (Å²) in [6, 6.07) is 1.42. The molecule has 2 atom stereocenters. The molecule has 1 amide bonds. The minimum Gasteiger partial charge on any atom is -0.444 e. The first-order valence-electron chi connectivity index (χ1n) is 8.70. The Morgan fingerprint density at radius 1 is 1.36 bits per heavy atom. The lowest BCUT2D eigenvalue weighted by Crippen LogP contribution is -2.42. The third-order valence-corrected chi connectivity index (χ3v) is 4.98. The third kappa shape index (κ3) is 4.85. The van der Waals surface area contributed by atoms with Crippen molar-refractivity contribution in [1.82, 2.24) is 10.6 Å². The molecule has 0 aromatic rings. The number of hydrogen-bond acceptors (Lipinski definition) is 4. The maximum Gasteiger partial charge on any atom is 0.407 e. The van der Waals surface area contributed by atoms with Gasteiger partial charge >= 0.3 is 6.09 Å². The minimum absolute atomic E-state index is 0.272. The van der Waals surface area contributed by atoms with Crippen molar-refractivity contribution in [2.75, 3.05) is 6.54 Å². The Kier molecular flexibility index (Phi) is 5.38. The summed E-state index contributed by atoms with van der Waals surface area (Å²) in [7, 11) is 0. The Balaban J connectivity index is 1.70. The van der Waals surface area contributed by atoms with Crippen LogP contribution in [-0.4, -0.2) is 36.4 Å². The molecule has 22 heavy (non-hydrogen) atoms. The average Bonchev–Trinajstić information content (AvgIpc) is 3.02. The Hall–Kier alpha value is -0.810. The normalized spacial score (nSPS) is 32.6. The lowest BCUT2D eigenvalue weighted by molar-refractivity contribution is 0.0511. The van der Waals surface area contributed by atoms with Crippen molar-refractivity contribution in [2.45, 2.75) is 89.9 Å². The number of hydrogen-bond donors (Lipinski definition) is 3. The topological polar surface area (TPSA) is 76.4 Å². The van der Waals surface area contributed by atoms with E-state index in [1.807, 2.05) is 20.8 Å². The molecule has 128 valence electrons. The molecule has 0 aromatic heterocycles. The van der Waals surface area contributed by atoms with Gasteiger partial charge in [-0.15, -0.1) is 0 Å². The molecule has 0 saturated heterocycles. The summed E-state index contributed by atoms with van der Waals surface area (Å²) in [6.07, 6.45) is 6.65. The molecule has 0 aromatic carbocycles. The molecule has 2 rings (SSSR count). The van der Waals surface area contributed by atoms with Gasteiger partial charge in [0.2, 0.25) is 0 Å². The number of rotatable bonds is 5. The molecule has 0 aliphatic heterocycles. The first-order chi connectivity index (χ1) is 10.2. The van der Waals surface area contributed by atoms with E-state index in [2.05, 4.69) is 17.6 Å². The average molecular weight is 311 g/mol. The standard InChI is InChI=1S/C17H33N3O2/c1-12(7-10-18)19-13-5-8-17(9-6-13)11-14(17)20-15(21)22-16(2,3)4/h12-14,19H,5-11,18H2,1-4H3,(H,20,21). The largest absolute Gasteiger partial charge is 0.444 e. The molecule has 0 heterocycles. The Labute approximate surface area is 134 Å². The highest BCUT2D eigenvalue weighted by Crippen LogP contribution is 2.56. The van der Waals surface area contributed by atoms with Crippen molar-refractivity contribution in [1.29, 1.82) is 0 Å². The SMILES string of the molecule is CC(CCN)NC1CCC2(CC1)CC2NC(=O)OC(C)(C)C. The number of carbonyl (C=O) groups is 1. The van der Waals surface area contributed by atoms with E-state index in [1.165, 1.54) is 25.7 Å². The lowest BCUT2D eigenvalue weighted by atomic mass is 9.82. The lowest BCUT2D eigenvalue weighted by Gasteiger charge is -2.32. The fourth-order valence-corrected chi connectivity index (χ4v) is 3.65. The van der Waals surface area contributed by atoms with Crippen LogP contribution in [0, 0.1) is 5.41 Å². The van der Waals surface area contributed by atoms with Gasteiger partial charge in [-0.2, -0.15) is 0 Å². The molecule has 2 unspecified atom stereocenters. The second-order valence-electron chi connectivity index (χ2n) is 8.18. The Morgan fingerprint density at radius 2 is 2.00 bits per heavy atom. The zero-order valence-corrected chi connectivity index (χ0v) is 14.6. The fourth-order valence-electron chi connectivity index (χ4n) is 3.65. The van der Waals surface area contributed by atoms with Crippen LogP contribution in [0.1, 0.15) is 66.2 Å². The Morgan fingerprint density at radius 3 is 2.55 bits per heavy atom. The second-order valence-corrected chi connectivity index (χ2v) is 8.18. The van der Waals surface area contributed by atoms with Gasteiger partial charge in [0.05, 0.1) is 0 Å². The summed E-state index contributed by atoms with van der Waals surface area (Å²) in [4.78, 5) is 11.9. The van der Waals surface area contributed by atoms with Crippen LogP contribution in [-0.2, 0) is 4.74 Å². The molecule has 2 aliphatic rings. The zero-order valence-electron chi connectivity index (χ0n) is 14.6. The molecule has 2 aliphatic carbocycles.